The summed E-state index contributed by atoms with van der Waals surface area (Å²) in [5.41, 5.74) is 0.00199. The zero-order valence-corrected chi connectivity index (χ0v) is 10.8. The Hall–Kier alpha value is -0.950. The molecule has 0 saturated carbocycles. The maximum Gasteiger partial charge on any atom is 0.306 e. The summed E-state index contributed by atoms with van der Waals surface area (Å²) in [6.45, 7) is 1.29. The molecule has 0 aliphatic carbocycles. The zero-order valence-electron chi connectivity index (χ0n) is 7.58. The summed E-state index contributed by atoms with van der Waals surface area (Å²) in [6, 6.07) is 3.02. The summed E-state index contributed by atoms with van der Waals surface area (Å²) in [7, 11) is 0. The fourth-order valence-electron chi connectivity index (χ4n) is 1.04. The van der Waals surface area contributed by atoms with Crippen LogP contribution in [0, 0.1) is 10.1 Å². The molecule has 5 nitrogen and oxygen atoms in total. The Morgan fingerprint density at radius 1 is 1.47 bits per heavy atom. The molecule has 0 heterocycles. The molecule has 0 atom stereocenters. The minimum Gasteiger partial charge on any atom is -0.321 e. The van der Waals surface area contributed by atoms with Crippen LogP contribution in [0.1, 0.15) is 6.92 Å². The minimum atomic E-state index is -0.554. The Morgan fingerprint density at radius 2 is 2.07 bits per heavy atom. The molecule has 0 unspecified atom stereocenters. The first-order valence-corrected chi connectivity index (χ1v) is 5.41. The van der Waals surface area contributed by atoms with Gasteiger partial charge in [0.25, 0.3) is 0 Å². The van der Waals surface area contributed by atoms with E-state index in [4.69, 9.17) is 0 Å². The lowest BCUT2D eigenvalue weighted by molar-refractivity contribution is -0.384. The molecule has 1 rings (SSSR count). The second-order valence-corrected chi connectivity index (χ2v) is 4.49. The quantitative estimate of drug-likeness (QED) is 0.665. The van der Waals surface area contributed by atoms with Crippen LogP contribution < -0.4 is 5.32 Å². The summed E-state index contributed by atoms with van der Waals surface area (Å²) in [4.78, 5) is 21.0. The second kappa shape index (κ2) is 4.71. The van der Waals surface area contributed by atoms with E-state index in [0.717, 1.165) is 0 Å². The standard InChI is InChI=1S/C8H6Br2N2O3/c1-4(13)11-7-3-5(9)2-6(10)8(7)12(14)15/h2-3H,1H3,(H,11,13). The highest BCUT2D eigenvalue weighted by Crippen LogP contribution is 2.35. The van der Waals surface area contributed by atoms with E-state index in [1.807, 2.05) is 0 Å². The number of anilines is 1. The van der Waals surface area contributed by atoms with Crippen molar-refractivity contribution in [2.75, 3.05) is 5.32 Å². The third-order valence-corrected chi connectivity index (χ3v) is 2.58. The van der Waals surface area contributed by atoms with Gasteiger partial charge in [0.1, 0.15) is 5.69 Å². The Bertz CT molecular complexity index is 434. The lowest BCUT2D eigenvalue weighted by atomic mass is 10.2. The molecule has 1 amide bonds. The molecule has 1 aromatic rings. The van der Waals surface area contributed by atoms with Gasteiger partial charge < -0.3 is 5.32 Å². The summed E-state index contributed by atoms with van der Waals surface area (Å²) < 4.78 is 0.953. The number of nitrogens with zero attached hydrogens (tertiary/aromatic N) is 1. The molecular weight excluding hydrogens is 332 g/mol. The van der Waals surface area contributed by atoms with Gasteiger partial charge in [0.15, 0.2) is 0 Å². The van der Waals surface area contributed by atoms with Crippen molar-refractivity contribution in [2.45, 2.75) is 6.92 Å². The Balaban J connectivity index is 3.33. The van der Waals surface area contributed by atoms with E-state index in [-0.39, 0.29) is 17.3 Å². The molecule has 0 aliphatic rings. The lowest BCUT2D eigenvalue weighted by Crippen LogP contribution is -2.08. The van der Waals surface area contributed by atoms with Crippen molar-refractivity contribution >= 4 is 49.1 Å². The third-order valence-electron chi connectivity index (χ3n) is 1.52. The van der Waals surface area contributed by atoms with Crippen molar-refractivity contribution in [1.82, 2.24) is 0 Å². The zero-order chi connectivity index (χ0) is 11.6. The van der Waals surface area contributed by atoms with Crippen LogP contribution in [0.4, 0.5) is 11.4 Å². The number of hydrogen-bond donors (Lipinski definition) is 1. The number of nitro benzene ring substituents is 1. The molecule has 0 fully saturated rings. The summed E-state index contributed by atoms with van der Waals surface area (Å²) in [6.07, 6.45) is 0. The molecule has 1 aromatic carbocycles. The SMILES string of the molecule is CC(=O)Nc1cc(Br)cc(Br)c1[N+](=O)[O-]. The number of nitrogens with one attached hydrogen (secondary N) is 1. The predicted molar refractivity (Wildman–Crippen MR) is 62.8 cm³/mol. The van der Waals surface area contributed by atoms with Crippen LogP contribution in [0.2, 0.25) is 0 Å². The van der Waals surface area contributed by atoms with E-state index in [9.17, 15) is 14.9 Å². The van der Waals surface area contributed by atoms with Crippen molar-refractivity contribution in [3.8, 4) is 0 Å². The molecule has 0 aliphatic heterocycles. The highest BCUT2D eigenvalue weighted by molar-refractivity contribution is 9.11. The normalized spacial score (nSPS) is 9.80. The van der Waals surface area contributed by atoms with Gasteiger partial charge in [-0.05, 0) is 28.1 Å². The fourth-order valence-corrected chi connectivity index (χ4v) is 2.41. The largest absolute Gasteiger partial charge is 0.321 e. The van der Waals surface area contributed by atoms with Crippen LogP contribution in [0.3, 0.4) is 0 Å². The van der Waals surface area contributed by atoms with Crippen LogP contribution in [0.5, 0.6) is 0 Å². The molecular formula is C8H6Br2N2O3. The van der Waals surface area contributed by atoms with Crippen LogP contribution in [0.25, 0.3) is 0 Å². The van der Waals surface area contributed by atoms with Crippen molar-refractivity contribution in [2.24, 2.45) is 0 Å². The first-order chi connectivity index (χ1) is 6.91. The van der Waals surface area contributed by atoms with Gasteiger partial charge in [-0.2, -0.15) is 0 Å². The summed E-state index contributed by atoms with van der Waals surface area (Å²) >= 11 is 6.25. The number of amides is 1. The smallest absolute Gasteiger partial charge is 0.306 e. The maximum atomic E-state index is 10.8. The highest BCUT2D eigenvalue weighted by Gasteiger charge is 2.19. The fraction of sp³-hybridized carbons (Fsp3) is 0.125. The first-order valence-electron chi connectivity index (χ1n) is 3.83. The van der Waals surface area contributed by atoms with Gasteiger partial charge in [-0.25, -0.2) is 0 Å². The molecule has 1 N–H and O–H groups in total. The minimum absolute atomic E-state index is 0.159. The van der Waals surface area contributed by atoms with Crippen LogP contribution in [-0.4, -0.2) is 10.8 Å². The molecule has 0 radical (unpaired) electrons. The molecule has 0 bridgehead atoms. The van der Waals surface area contributed by atoms with E-state index < -0.39 is 4.92 Å². The highest BCUT2D eigenvalue weighted by atomic mass is 79.9. The number of nitro groups is 1. The van der Waals surface area contributed by atoms with Gasteiger partial charge in [0.05, 0.1) is 9.40 Å². The topological polar surface area (TPSA) is 72.2 Å². The van der Waals surface area contributed by atoms with Gasteiger partial charge in [-0.3, -0.25) is 14.9 Å². The van der Waals surface area contributed by atoms with Crippen molar-refractivity contribution in [3.05, 3.63) is 31.2 Å². The Morgan fingerprint density at radius 3 is 2.53 bits per heavy atom. The predicted octanol–water partition coefficient (Wildman–Crippen LogP) is 3.08. The Labute approximate surface area is 102 Å². The van der Waals surface area contributed by atoms with Crippen LogP contribution in [0.15, 0.2) is 21.1 Å². The molecule has 7 heteroatoms. The summed E-state index contributed by atoms with van der Waals surface area (Å²) in [5, 5.41) is 13.1. The van der Waals surface area contributed by atoms with E-state index in [0.29, 0.717) is 8.95 Å². The first kappa shape index (κ1) is 12.1. The van der Waals surface area contributed by atoms with Crippen LogP contribution in [-0.2, 0) is 4.79 Å². The number of carbonyl (C=O) groups is 1. The van der Waals surface area contributed by atoms with E-state index >= 15 is 0 Å². The van der Waals surface area contributed by atoms with Gasteiger partial charge >= 0.3 is 5.69 Å². The lowest BCUT2D eigenvalue weighted by Gasteiger charge is -2.05. The monoisotopic (exact) mass is 336 g/mol. The number of halogens is 2. The average Bonchev–Trinajstić information content (AvgIpc) is 1.99. The second-order valence-electron chi connectivity index (χ2n) is 2.72. The Kier molecular flexibility index (Phi) is 3.81. The van der Waals surface area contributed by atoms with Gasteiger partial charge in [-0.1, -0.05) is 15.9 Å². The van der Waals surface area contributed by atoms with Crippen molar-refractivity contribution < 1.29 is 9.72 Å². The molecule has 0 saturated heterocycles. The number of rotatable bonds is 2. The van der Waals surface area contributed by atoms with E-state index in [2.05, 4.69) is 37.2 Å². The third kappa shape index (κ3) is 3.00. The number of carbonyl (C=O) groups excluding carboxylic acids is 1. The maximum absolute atomic E-state index is 10.8. The number of hydrogen-bond acceptors (Lipinski definition) is 3. The van der Waals surface area contributed by atoms with E-state index in [1.54, 1.807) is 6.07 Å². The number of benzene rings is 1. The van der Waals surface area contributed by atoms with Crippen molar-refractivity contribution in [3.63, 3.8) is 0 Å². The van der Waals surface area contributed by atoms with Gasteiger partial charge in [0, 0.05) is 11.4 Å². The average molecular weight is 338 g/mol. The molecule has 0 spiro atoms. The van der Waals surface area contributed by atoms with Crippen molar-refractivity contribution in [1.29, 1.82) is 0 Å². The van der Waals surface area contributed by atoms with Gasteiger partial charge in [-0.15, -0.1) is 0 Å². The molecule has 0 aromatic heterocycles. The molecule has 15 heavy (non-hydrogen) atoms. The van der Waals surface area contributed by atoms with Crippen LogP contribution >= 0.6 is 31.9 Å². The summed E-state index contributed by atoms with van der Waals surface area (Å²) in [5.74, 6) is -0.358. The van der Waals surface area contributed by atoms with Gasteiger partial charge in [0.2, 0.25) is 5.91 Å². The molecule has 80 valence electrons. The van der Waals surface area contributed by atoms with E-state index in [1.165, 1.54) is 13.0 Å².